The van der Waals surface area contributed by atoms with E-state index in [2.05, 4.69) is 49.3 Å². The molecule has 0 amide bonds. The molecule has 230 valence electrons. The van der Waals surface area contributed by atoms with Crippen molar-refractivity contribution in [2.75, 3.05) is 26.4 Å². The van der Waals surface area contributed by atoms with Crippen LogP contribution < -0.4 is 0 Å². The molecular formula is C32H48O9. The Balaban J connectivity index is -0.000000212. The fourth-order valence-electron chi connectivity index (χ4n) is 1.69. The van der Waals surface area contributed by atoms with Crippen LogP contribution in [0.4, 0.5) is 0 Å². The first-order valence-electron chi connectivity index (χ1n) is 13.1. The third kappa shape index (κ3) is 43.1. The molecule has 41 heavy (non-hydrogen) atoms. The molecule has 1 rings (SSSR count). The molecule has 0 heterocycles. The summed E-state index contributed by atoms with van der Waals surface area (Å²) in [6, 6.07) is 10.0. The molecule has 0 spiro atoms. The van der Waals surface area contributed by atoms with Crippen molar-refractivity contribution in [3.05, 3.63) is 92.6 Å². The second-order valence-corrected chi connectivity index (χ2v) is 7.60. The highest BCUT2D eigenvalue weighted by Crippen LogP contribution is 1.97. The third-order valence-corrected chi connectivity index (χ3v) is 3.91. The van der Waals surface area contributed by atoms with Gasteiger partial charge in [-0.3, -0.25) is 0 Å². The van der Waals surface area contributed by atoms with Gasteiger partial charge in [0.05, 0.1) is 19.8 Å². The second kappa shape index (κ2) is 35.8. The second-order valence-electron chi connectivity index (χ2n) is 7.60. The van der Waals surface area contributed by atoms with E-state index in [4.69, 9.17) is 14.9 Å². The molecule has 9 nitrogen and oxygen atoms in total. The zero-order valence-corrected chi connectivity index (χ0v) is 24.8. The molecule has 0 aliphatic rings. The fraction of sp³-hybridized carbons (Fsp3) is 0.375. The smallest absolute Gasteiger partial charge is 0.333 e. The van der Waals surface area contributed by atoms with Gasteiger partial charge in [0.15, 0.2) is 0 Å². The highest BCUT2D eigenvalue weighted by atomic mass is 16.5. The maximum Gasteiger partial charge on any atom is 0.333 e. The van der Waals surface area contributed by atoms with E-state index < -0.39 is 11.9 Å². The van der Waals surface area contributed by atoms with Gasteiger partial charge >= 0.3 is 23.9 Å². The van der Waals surface area contributed by atoms with Crippen molar-refractivity contribution in [1.29, 1.82) is 0 Å². The third-order valence-electron chi connectivity index (χ3n) is 3.91. The summed E-state index contributed by atoms with van der Waals surface area (Å²) in [5.74, 6) is -2.04. The quantitative estimate of drug-likeness (QED) is 0.116. The van der Waals surface area contributed by atoms with E-state index in [-0.39, 0.29) is 25.2 Å². The van der Waals surface area contributed by atoms with Gasteiger partial charge in [0.1, 0.15) is 0 Å². The molecule has 0 saturated carbocycles. The number of esters is 3. The zero-order chi connectivity index (χ0) is 32.3. The van der Waals surface area contributed by atoms with Crippen molar-refractivity contribution in [3.8, 4) is 0 Å². The molecule has 0 bridgehead atoms. The normalized spacial score (nSPS) is 8.39. The highest BCUT2D eigenvalue weighted by Gasteiger charge is 2.00. The molecule has 0 aliphatic carbocycles. The van der Waals surface area contributed by atoms with Gasteiger partial charge in [-0.15, -0.1) is 0 Å². The van der Waals surface area contributed by atoms with Crippen molar-refractivity contribution in [3.63, 3.8) is 0 Å². The van der Waals surface area contributed by atoms with Crippen LogP contribution in [0.3, 0.4) is 0 Å². The Morgan fingerprint density at radius 1 is 0.756 bits per heavy atom. The molecule has 0 radical (unpaired) electrons. The molecule has 0 aliphatic heterocycles. The Bertz CT molecular complexity index is 848. The lowest BCUT2D eigenvalue weighted by molar-refractivity contribution is -0.139. The highest BCUT2D eigenvalue weighted by molar-refractivity contribution is 5.86. The minimum atomic E-state index is -0.981. The topological polar surface area (TPSA) is 136 Å². The number of unbranched alkanes of at least 4 members (excludes halogenated alkanes) is 2. The van der Waals surface area contributed by atoms with Gasteiger partial charge in [-0.25, -0.2) is 19.2 Å². The van der Waals surface area contributed by atoms with E-state index in [1.54, 1.807) is 6.92 Å². The van der Waals surface area contributed by atoms with Crippen molar-refractivity contribution >= 4 is 30.0 Å². The minimum absolute atomic E-state index is 0.0461. The Hall–Kier alpha value is -4.24. The summed E-state index contributed by atoms with van der Waals surface area (Å²) in [4.78, 5) is 40.6. The number of rotatable bonds is 14. The van der Waals surface area contributed by atoms with Crippen LogP contribution in [0.2, 0.25) is 0 Å². The predicted octanol–water partition coefficient (Wildman–Crippen LogP) is 6.11. The molecule has 1 aromatic rings. The molecule has 9 heteroatoms. The van der Waals surface area contributed by atoms with Gasteiger partial charge in [0.2, 0.25) is 0 Å². The average Bonchev–Trinajstić information content (AvgIpc) is 2.98. The maximum absolute atomic E-state index is 10.7. The molecule has 0 aromatic heterocycles. The van der Waals surface area contributed by atoms with Crippen molar-refractivity contribution in [2.45, 2.75) is 52.9 Å². The summed E-state index contributed by atoms with van der Waals surface area (Å²) in [6.07, 6.45) is 9.37. The lowest BCUT2D eigenvalue weighted by atomic mass is 10.2. The van der Waals surface area contributed by atoms with Crippen molar-refractivity contribution < 1.29 is 43.6 Å². The summed E-state index contributed by atoms with van der Waals surface area (Å²) in [6.45, 7) is 23.6. The van der Waals surface area contributed by atoms with E-state index in [1.807, 2.05) is 43.3 Å². The summed E-state index contributed by atoms with van der Waals surface area (Å²) in [7, 11) is 0. The summed E-state index contributed by atoms with van der Waals surface area (Å²) in [5.41, 5.74) is 1.64. The number of benzene rings is 1. The number of aliphatic hydroxyl groups is 1. The monoisotopic (exact) mass is 576 g/mol. The summed E-state index contributed by atoms with van der Waals surface area (Å²) in [5, 5.41) is 15.8. The first kappa shape index (κ1) is 43.8. The fourth-order valence-corrected chi connectivity index (χ4v) is 1.69. The Morgan fingerprint density at radius 2 is 1.17 bits per heavy atom. The Kier molecular flexibility index (Phi) is 38.2. The number of carboxylic acid groups (broad SMARTS) is 1. The molecule has 0 unspecified atom stereocenters. The molecule has 1 aromatic carbocycles. The first-order chi connectivity index (χ1) is 19.5. The van der Waals surface area contributed by atoms with Crippen LogP contribution in [0.15, 0.2) is 87.0 Å². The van der Waals surface area contributed by atoms with Gasteiger partial charge in [0.25, 0.3) is 0 Å². The van der Waals surface area contributed by atoms with Gasteiger partial charge in [-0.2, -0.15) is 0 Å². The number of carbonyl (C=O) groups excluding carboxylic acids is 3. The lowest BCUT2D eigenvalue weighted by Gasteiger charge is -2.01. The number of carboxylic acids is 1. The number of aliphatic carboxylic acids is 1. The SMILES string of the molecule is C=C(C)C(=O)OCCCC.C=CC(=O)O.C=CC(=O)OCCCC.C=CC(=O)OCCCO.C=Cc1ccccc1. The van der Waals surface area contributed by atoms with Crippen LogP contribution in [0.25, 0.3) is 6.08 Å². The van der Waals surface area contributed by atoms with Crippen molar-refractivity contribution in [2.24, 2.45) is 0 Å². The lowest BCUT2D eigenvalue weighted by Crippen LogP contribution is -2.05. The maximum atomic E-state index is 10.7. The van der Waals surface area contributed by atoms with Gasteiger partial charge < -0.3 is 24.4 Å². The minimum Gasteiger partial charge on any atom is -0.478 e. The van der Waals surface area contributed by atoms with E-state index in [1.165, 1.54) is 11.6 Å². The van der Waals surface area contributed by atoms with E-state index in [0.717, 1.165) is 37.8 Å². The molecule has 0 fully saturated rings. The number of aliphatic hydroxyl groups excluding tert-OH is 1. The number of hydrogen-bond acceptors (Lipinski definition) is 8. The number of carbonyl (C=O) groups is 4. The number of ether oxygens (including phenoxy) is 3. The Morgan fingerprint density at radius 3 is 1.46 bits per heavy atom. The first-order valence-corrected chi connectivity index (χ1v) is 13.1. The standard InChI is InChI=1S/C8H14O2.C8H8.C7H12O2.C6H10O3.C3H4O2/c1-4-5-6-10-8(9)7(2)3;1-2-8-6-4-3-5-7-8;1-3-5-6-9-7(8)4-2;1-2-6(8)9-5-3-4-7;1-2-3(4)5/h2,4-6H2,1,3H3;2-7H,1H2;4H,2-3,5-6H2,1H3;2,7H,1,3-5H2;2H,1H2,(H,4,5). The van der Waals surface area contributed by atoms with E-state index in [0.29, 0.717) is 25.2 Å². The predicted molar refractivity (Wildman–Crippen MR) is 164 cm³/mol. The molecule has 0 atom stereocenters. The molecule has 0 saturated heterocycles. The summed E-state index contributed by atoms with van der Waals surface area (Å²) < 4.78 is 14.0. The van der Waals surface area contributed by atoms with E-state index >= 15 is 0 Å². The van der Waals surface area contributed by atoms with Gasteiger partial charge in [0, 0.05) is 36.8 Å². The average molecular weight is 577 g/mol. The van der Waals surface area contributed by atoms with Crippen molar-refractivity contribution in [1.82, 2.24) is 0 Å². The molecule has 2 N–H and O–H groups in total. The number of hydrogen-bond donors (Lipinski definition) is 2. The van der Waals surface area contributed by atoms with Gasteiger partial charge in [-0.05, 0) is 25.3 Å². The van der Waals surface area contributed by atoms with Crippen LogP contribution in [-0.2, 0) is 33.4 Å². The van der Waals surface area contributed by atoms with Crippen LogP contribution >= 0.6 is 0 Å². The Labute approximate surface area is 245 Å². The van der Waals surface area contributed by atoms with Gasteiger partial charge in [-0.1, -0.05) is 96.0 Å². The largest absolute Gasteiger partial charge is 0.478 e. The van der Waals surface area contributed by atoms with E-state index in [9.17, 15) is 19.2 Å². The van der Waals surface area contributed by atoms with Crippen LogP contribution in [0, 0.1) is 0 Å². The molecular weight excluding hydrogens is 528 g/mol. The van der Waals surface area contributed by atoms with Crippen LogP contribution in [-0.4, -0.2) is 60.5 Å². The van der Waals surface area contributed by atoms with Crippen LogP contribution in [0.1, 0.15) is 58.4 Å². The van der Waals surface area contributed by atoms with Crippen LogP contribution in [0.5, 0.6) is 0 Å². The summed E-state index contributed by atoms with van der Waals surface area (Å²) >= 11 is 0. The zero-order valence-electron chi connectivity index (χ0n) is 24.8.